The van der Waals surface area contributed by atoms with Crippen LogP contribution in [-0.4, -0.2) is 57.2 Å². The highest BCUT2D eigenvalue weighted by Gasteiger charge is 2.34. The van der Waals surface area contributed by atoms with Gasteiger partial charge in [0.1, 0.15) is 5.82 Å². The smallest absolute Gasteiger partial charge is 0.318 e. The number of hydrogen-bond acceptors (Lipinski definition) is 4. The van der Waals surface area contributed by atoms with E-state index >= 15 is 0 Å². The minimum absolute atomic E-state index is 0.0379. The molecular formula is C15H21FN2O4S. The number of carbonyl (C=O) groups is 1. The van der Waals surface area contributed by atoms with Crippen LogP contribution >= 0.6 is 0 Å². The average Bonchev–Trinajstić information content (AvgIpc) is 2.87. The molecule has 1 unspecified atom stereocenters. The van der Waals surface area contributed by atoms with Gasteiger partial charge in [0.05, 0.1) is 18.1 Å². The molecule has 0 saturated carbocycles. The van der Waals surface area contributed by atoms with Crippen LogP contribution in [0.15, 0.2) is 24.3 Å². The molecule has 1 saturated heterocycles. The van der Waals surface area contributed by atoms with E-state index in [2.05, 4.69) is 5.32 Å². The maximum Gasteiger partial charge on any atom is 0.318 e. The van der Waals surface area contributed by atoms with Gasteiger partial charge in [0.25, 0.3) is 0 Å². The Labute approximate surface area is 135 Å². The number of methoxy groups -OCH3 is 1. The number of urea groups is 1. The summed E-state index contributed by atoms with van der Waals surface area (Å²) in [6.07, 6.45) is 0.416. The predicted octanol–water partition coefficient (Wildman–Crippen LogP) is 1.17. The van der Waals surface area contributed by atoms with Crippen molar-refractivity contribution < 1.29 is 22.3 Å². The summed E-state index contributed by atoms with van der Waals surface area (Å²) in [7, 11) is -1.58. The van der Waals surface area contributed by atoms with E-state index in [1.54, 1.807) is 18.2 Å². The van der Waals surface area contributed by atoms with Crippen molar-refractivity contribution in [2.75, 3.05) is 31.8 Å². The second-order valence-electron chi connectivity index (χ2n) is 5.49. The van der Waals surface area contributed by atoms with Crippen LogP contribution in [0.1, 0.15) is 12.0 Å². The Balaban J connectivity index is 2.00. The zero-order valence-corrected chi connectivity index (χ0v) is 13.8. The lowest BCUT2D eigenvalue weighted by Crippen LogP contribution is -2.48. The summed E-state index contributed by atoms with van der Waals surface area (Å²) in [6, 6.07) is 5.41. The standard InChI is InChI=1S/C15H21FN2O4S/c1-22-8-7-18(13-6-9-23(20,21)11-13)15(19)17-10-12-4-2-3-5-14(12)16/h2-5,13H,6-11H2,1H3,(H,17,19). The van der Waals surface area contributed by atoms with Crippen molar-refractivity contribution in [1.29, 1.82) is 0 Å². The van der Waals surface area contributed by atoms with Gasteiger partial charge in [-0.05, 0) is 12.5 Å². The van der Waals surface area contributed by atoms with E-state index in [4.69, 9.17) is 4.74 Å². The first-order chi connectivity index (χ1) is 10.9. The lowest BCUT2D eigenvalue weighted by Gasteiger charge is -2.28. The first-order valence-electron chi connectivity index (χ1n) is 7.40. The Morgan fingerprint density at radius 2 is 2.17 bits per heavy atom. The van der Waals surface area contributed by atoms with Crippen molar-refractivity contribution in [3.63, 3.8) is 0 Å². The van der Waals surface area contributed by atoms with Crippen LogP contribution in [0.2, 0.25) is 0 Å². The molecule has 0 aromatic heterocycles. The number of carbonyl (C=O) groups excluding carboxylic acids is 1. The van der Waals surface area contributed by atoms with Crippen LogP contribution < -0.4 is 5.32 Å². The van der Waals surface area contributed by atoms with Crippen molar-refractivity contribution in [3.8, 4) is 0 Å². The van der Waals surface area contributed by atoms with Crippen molar-refractivity contribution in [3.05, 3.63) is 35.6 Å². The lowest BCUT2D eigenvalue weighted by atomic mass is 10.2. The first kappa shape index (κ1) is 17.7. The molecule has 0 radical (unpaired) electrons. The van der Waals surface area contributed by atoms with Gasteiger partial charge in [-0.2, -0.15) is 0 Å². The molecule has 1 aliphatic rings. The van der Waals surface area contributed by atoms with E-state index in [-0.39, 0.29) is 29.9 Å². The van der Waals surface area contributed by atoms with Gasteiger partial charge in [-0.15, -0.1) is 0 Å². The second-order valence-corrected chi connectivity index (χ2v) is 7.72. The molecule has 6 nitrogen and oxygen atoms in total. The van der Waals surface area contributed by atoms with Gasteiger partial charge < -0.3 is 15.0 Å². The van der Waals surface area contributed by atoms with Gasteiger partial charge in [0.2, 0.25) is 0 Å². The molecule has 0 aliphatic carbocycles. The zero-order valence-electron chi connectivity index (χ0n) is 13.0. The highest BCUT2D eigenvalue weighted by molar-refractivity contribution is 7.91. The molecule has 128 valence electrons. The first-order valence-corrected chi connectivity index (χ1v) is 9.22. The summed E-state index contributed by atoms with van der Waals surface area (Å²) < 4.78 is 41.8. The zero-order chi connectivity index (χ0) is 16.9. The molecule has 1 aliphatic heterocycles. The summed E-state index contributed by atoms with van der Waals surface area (Å²) in [5, 5.41) is 2.65. The molecule has 8 heteroatoms. The molecule has 1 atom stereocenters. The van der Waals surface area contributed by atoms with Gasteiger partial charge in [-0.25, -0.2) is 17.6 Å². The van der Waals surface area contributed by atoms with Crippen molar-refractivity contribution in [2.24, 2.45) is 0 Å². The van der Waals surface area contributed by atoms with Crippen LogP contribution in [-0.2, 0) is 21.1 Å². The van der Waals surface area contributed by atoms with Gasteiger partial charge >= 0.3 is 6.03 Å². The van der Waals surface area contributed by atoms with Crippen LogP contribution in [0.25, 0.3) is 0 Å². The number of sulfone groups is 1. The highest BCUT2D eigenvalue weighted by atomic mass is 32.2. The number of ether oxygens (including phenoxy) is 1. The maximum absolute atomic E-state index is 13.6. The Bertz CT molecular complexity index is 651. The number of rotatable bonds is 6. The van der Waals surface area contributed by atoms with E-state index in [1.807, 2.05) is 0 Å². The third-order valence-electron chi connectivity index (χ3n) is 3.83. The number of hydrogen-bond donors (Lipinski definition) is 1. The summed E-state index contributed by atoms with van der Waals surface area (Å²) in [5.41, 5.74) is 0.381. The Morgan fingerprint density at radius 1 is 1.43 bits per heavy atom. The maximum atomic E-state index is 13.6. The van der Waals surface area contributed by atoms with Crippen molar-refractivity contribution >= 4 is 15.9 Å². The van der Waals surface area contributed by atoms with E-state index < -0.39 is 15.9 Å². The summed E-state index contributed by atoms with van der Waals surface area (Å²) in [5.74, 6) is -0.342. The average molecular weight is 344 g/mol. The van der Waals surface area contributed by atoms with Crippen LogP contribution in [0.4, 0.5) is 9.18 Å². The van der Waals surface area contributed by atoms with Gasteiger partial charge in [0.15, 0.2) is 9.84 Å². The largest absolute Gasteiger partial charge is 0.383 e. The van der Waals surface area contributed by atoms with Crippen LogP contribution in [0.5, 0.6) is 0 Å². The fourth-order valence-corrected chi connectivity index (χ4v) is 4.31. The van der Waals surface area contributed by atoms with E-state index in [1.165, 1.54) is 18.1 Å². The third kappa shape index (κ3) is 4.90. The summed E-state index contributed by atoms with van der Waals surface area (Å²) in [4.78, 5) is 13.8. The number of benzene rings is 1. The number of nitrogens with zero attached hydrogens (tertiary/aromatic N) is 1. The molecule has 2 amide bonds. The van der Waals surface area contributed by atoms with Crippen molar-refractivity contribution in [1.82, 2.24) is 10.2 Å². The van der Waals surface area contributed by atoms with Gasteiger partial charge in [-0.1, -0.05) is 18.2 Å². The van der Waals surface area contributed by atoms with E-state index in [0.717, 1.165) is 0 Å². The fourth-order valence-electron chi connectivity index (χ4n) is 2.57. The quantitative estimate of drug-likeness (QED) is 0.841. The summed E-state index contributed by atoms with van der Waals surface area (Å²) in [6.45, 7) is 0.651. The third-order valence-corrected chi connectivity index (χ3v) is 5.58. The molecule has 1 fully saturated rings. The Morgan fingerprint density at radius 3 is 2.78 bits per heavy atom. The predicted molar refractivity (Wildman–Crippen MR) is 84.3 cm³/mol. The molecule has 1 N–H and O–H groups in total. The molecule has 1 aromatic rings. The number of halogens is 1. The molecule has 0 bridgehead atoms. The van der Waals surface area contributed by atoms with Crippen LogP contribution in [0.3, 0.4) is 0 Å². The SMILES string of the molecule is COCCN(C(=O)NCc1ccccc1F)C1CCS(=O)(=O)C1. The molecule has 0 spiro atoms. The van der Waals surface area contributed by atoms with E-state index in [0.29, 0.717) is 25.1 Å². The second kappa shape index (κ2) is 7.74. The van der Waals surface area contributed by atoms with Gasteiger partial charge in [-0.3, -0.25) is 0 Å². The van der Waals surface area contributed by atoms with Gasteiger partial charge in [0, 0.05) is 31.8 Å². The molecule has 1 heterocycles. The van der Waals surface area contributed by atoms with Crippen LogP contribution in [0, 0.1) is 5.82 Å². The number of nitrogens with one attached hydrogen (secondary N) is 1. The lowest BCUT2D eigenvalue weighted by molar-refractivity contribution is 0.133. The highest BCUT2D eigenvalue weighted by Crippen LogP contribution is 2.18. The van der Waals surface area contributed by atoms with E-state index in [9.17, 15) is 17.6 Å². The monoisotopic (exact) mass is 344 g/mol. The molecule has 2 rings (SSSR count). The topological polar surface area (TPSA) is 75.7 Å². The minimum Gasteiger partial charge on any atom is -0.383 e. The van der Waals surface area contributed by atoms with Crippen molar-refractivity contribution in [2.45, 2.75) is 19.0 Å². The number of amides is 2. The molecular weight excluding hydrogens is 323 g/mol. The fraction of sp³-hybridized carbons (Fsp3) is 0.533. The molecule has 23 heavy (non-hydrogen) atoms. The Hall–Kier alpha value is -1.67. The minimum atomic E-state index is -3.10. The summed E-state index contributed by atoms with van der Waals surface area (Å²) >= 11 is 0. The Kier molecular flexibility index (Phi) is 5.95. The normalized spacial score (nSPS) is 19.5. The molecule has 1 aromatic carbocycles.